The Labute approximate surface area is 247 Å². The zero-order valence-electron chi connectivity index (χ0n) is 22.4. The maximum atomic E-state index is 11.4. The highest BCUT2D eigenvalue weighted by Crippen LogP contribution is 2.37. The lowest BCUT2D eigenvalue weighted by Crippen LogP contribution is -2.21. The molecule has 0 amide bonds. The SMILES string of the molecule is COc1cc2ncnc(Nc3ccc(OCc4ccccc4)c(Cl)c3)c2cc1-c1csc(CNCCS(C)(=O)=O)n1. The average Bonchev–Trinajstić information content (AvgIpc) is 3.43. The Bertz CT molecular complexity index is 1760. The Morgan fingerprint density at radius 1 is 1.02 bits per heavy atom. The van der Waals surface area contributed by atoms with Crippen molar-refractivity contribution in [2.75, 3.05) is 31.0 Å². The highest BCUT2D eigenvalue weighted by molar-refractivity contribution is 7.90. The fraction of sp³-hybridized carbons (Fsp3) is 0.207. The lowest BCUT2D eigenvalue weighted by atomic mass is 10.1. The lowest BCUT2D eigenvalue weighted by Gasteiger charge is -2.13. The summed E-state index contributed by atoms with van der Waals surface area (Å²) in [6.45, 7) is 1.25. The summed E-state index contributed by atoms with van der Waals surface area (Å²) in [4.78, 5) is 13.7. The molecule has 0 radical (unpaired) electrons. The van der Waals surface area contributed by atoms with Crippen LogP contribution in [0.4, 0.5) is 11.5 Å². The minimum atomic E-state index is -3.02. The normalized spacial score (nSPS) is 11.5. The van der Waals surface area contributed by atoms with Gasteiger partial charge in [-0.2, -0.15) is 0 Å². The van der Waals surface area contributed by atoms with E-state index in [4.69, 9.17) is 26.1 Å². The number of fused-ring (bicyclic) bond motifs is 1. The van der Waals surface area contributed by atoms with Crippen LogP contribution in [0, 0.1) is 0 Å². The van der Waals surface area contributed by atoms with Gasteiger partial charge in [0, 0.05) is 47.4 Å². The maximum absolute atomic E-state index is 11.4. The van der Waals surface area contributed by atoms with E-state index in [0.29, 0.717) is 47.6 Å². The molecule has 0 atom stereocenters. The fourth-order valence-electron chi connectivity index (χ4n) is 4.09. The van der Waals surface area contributed by atoms with E-state index in [-0.39, 0.29) is 5.75 Å². The number of rotatable bonds is 12. The van der Waals surface area contributed by atoms with Crippen LogP contribution in [0.3, 0.4) is 0 Å². The van der Waals surface area contributed by atoms with Gasteiger partial charge in [0.1, 0.15) is 45.1 Å². The van der Waals surface area contributed by atoms with Gasteiger partial charge >= 0.3 is 0 Å². The zero-order chi connectivity index (χ0) is 28.8. The van der Waals surface area contributed by atoms with Crippen LogP contribution in [0.1, 0.15) is 10.6 Å². The Morgan fingerprint density at radius 2 is 1.85 bits per heavy atom. The molecular formula is C29H28ClN5O4S2. The van der Waals surface area contributed by atoms with Gasteiger partial charge in [0.2, 0.25) is 0 Å². The minimum Gasteiger partial charge on any atom is -0.496 e. The first-order valence-electron chi connectivity index (χ1n) is 12.7. The molecule has 3 aromatic carbocycles. The molecule has 12 heteroatoms. The standard InChI is InChI=1S/C29H28ClN5O4S2/c1-38-27-14-24-22(13-21(27)25-17-40-28(35-25)15-31-10-11-41(2,36)37)29(33-18-32-24)34-20-8-9-26(23(30)12-20)39-16-19-6-4-3-5-7-19/h3-9,12-14,17-18,31H,10-11,15-16H2,1-2H3,(H,32,33,34). The molecule has 5 rings (SSSR count). The quantitative estimate of drug-likeness (QED) is 0.167. The summed E-state index contributed by atoms with van der Waals surface area (Å²) in [5.74, 6) is 1.90. The largest absolute Gasteiger partial charge is 0.496 e. The van der Waals surface area contributed by atoms with Gasteiger partial charge in [0.05, 0.1) is 29.1 Å². The monoisotopic (exact) mass is 609 g/mol. The van der Waals surface area contributed by atoms with Crippen molar-refractivity contribution in [3.8, 4) is 22.8 Å². The Hall–Kier alpha value is -3.77. The van der Waals surface area contributed by atoms with E-state index in [1.807, 2.05) is 60.0 Å². The summed E-state index contributed by atoms with van der Waals surface area (Å²) in [6.07, 6.45) is 2.71. The summed E-state index contributed by atoms with van der Waals surface area (Å²) in [6, 6.07) is 19.2. The highest BCUT2D eigenvalue weighted by atomic mass is 35.5. The predicted octanol–water partition coefficient (Wildman–Crippen LogP) is 5.87. The van der Waals surface area contributed by atoms with Gasteiger partial charge in [-0.1, -0.05) is 41.9 Å². The zero-order valence-corrected chi connectivity index (χ0v) is 24.8. The molecule has 2 heterocycles. The summed E-state index contributed by atoms with van der Waals surface area (Å²) in [5.41, 5.74) is 4.04. The number of nitrogens with one attached hydrogen (secondary N) is 2. The first-order chi connectivity index (χ1) is 19.8. The van der Waals surface area contributed by atoms with Crippen LogP contribution in [0.15, 0.2) is 72.4 Å². The predicted molar refractivity (Wildman–Crippen MR) is 164 cm³/mol. The van der Waals surface area contributed by atoms with E-state index >= 15 is 0 Å². The molecule has 2 N–H and O–H groups in total. The number of halogens is 1. The van der Waals surface area contributed by atoms with Crippen LogP contribution < -0.4 is 20.1 Å². The van der Waals surface area contributed by atoms with Crippen molar-refractivity contribution in [1.82, 2.24) is 20.3 Å². The molecule has 0 bridgehead atoms. The number of sulfone groups is 1. The van der Waals surface area contributed by atoms with Crippen molar-refractivity contribution in [1.29, 1.82) is 0 Å². The van der Waals surface area contributed by atoms with Gasteiger partial charge in [0.15, 0.2) is 0 Å². The van der Waals surface area contributed by atoms with Crippen LogP contribution in [0.2, 0.25) is 5.02 Å². The van der Waals surface area contributed by atoms with Gasteiger partial charge in [-0.05, 0) is 29.8 Å². The number of nitrogens with zero attached hydrogens (tertiary/aromatic N) is 3. The summed E-state index contributed by atoms with van der Waals surface area (Å²) < 4.78 is 34.3. The molecule has 2 aromatic heterocycles. The number of anilines is 2. The minimum absolute atomic E-state index is 0.0775. The lowest BCUT2D eigenvalue weighted by molar-refractivity contribution is 0.306. The van der Waals surface area contributed by atoms with Gasteiger partial charge < -0.3 is 20.1 Å². The van der Waals surface area contributed by atoms with E-state index in [1.54, 1.807) is 13.2 Å². The third kappa shape index (κ3) is 7.50. The van der Waals surface area contributed by atoms with Crippen LogP contribution in [-0.2, 0) is 23.0 Å². The number of methoxy groups -OCH3 is 1. The molecule has 9 nitrogen and oxygen atoms in total. The van der Waals surface area contributed by atoms with Gasteiger partial charge in [-0.3, -0.25) is 0 Å². The van der Waals surface area contributed by atoms with Crippen molar-refractivity contribution >= 4 is 55.2 Å². The topological polar surface area (TPSA) is 115 Å². The number of aromatic nitrogens is 3. The second-order valence-electron chi connectivity index (χ2n) is 9.27. The van der Waals surface area contributed by atoms with Crippen molar-refractivity contribution in [3.05, 3.63) is 88.0 Å². The van der Waals surface area contributed by atoms with Gasteiger partial charge in [-0.25, -0.2) is 23.4 Å². The van der Waals surface area contributed by atoms with E-state index < -0.39 is 9.84 Å². The molecular weight excluding hydrogens is 582 g/mol. The molecule has 0 aliphatic carbocycles. The molecule has 0 spiro atoms. The molecule has 0 saturated heterocycles. The maximum Gasteiger partial charge on any atom is 0.148 e. The molecule has 5 aromatic rings. The number of hydrogen-bond acceptors (Lipinski definition) is 10. The van der Waals surface area contributed by atoms with Crippen LogP contribution in [0.5, 0.6) is 11.5 Å². The number of hydrogen-bond donors (Lipinski definition) is 2. The number of ether oxygens (including phenoxy) is 2. The Kier molecular flexibility index (Phi) is 8.99. The van der Waals surface area contributed by atoms with Crippen LogP contribution in [-0.4, -0.2) is 49.0 Å². The van der Waals surface area contributed by atoms with Crippen molar-refractivity contribution in [2.45, 2.75) is 13.2 Å². The number of thiazole rings is 1. The number of benzene rings is 3. The summed E-state index contributed by atoms with van der Waals surface area (Å²) in [5, 5.41) is 10.5. The third-order valence-electron chi connectivity index (χ3n) is 6.14. The van der Waals surface area contributed by atoms with E-state index in [2.05, 4.69) is 20.6 Å². The molecule has 0 aliphatic heterocycles. The molecule has 212 valence electrons. The second kappa shape index (κ2) is 12.8. The first-order valence-corrected chi connectivity index (χ1v) is 16.0. The molecule has 0 unspecified atom stereocenters. The first kappa shape index (κ1) is 28.7. The summed E-state index contributed by atoms with van der Waals surface area (Å²) >= 11 is 8.03. The third-order valence-corrected chi connectivity index (χ3v) is 8.23. The van der Waals surface area contributed by atoms with E-state index in [9.17, 15) is 8.42 Å². The van der Waals surface area contributed by atoms with Gasteiger partial charge in [0.25, 0.3) is 0 Å². The second-order valence-corrected chi connectivity index (χ2v) is 12.9. The molecule has 0 aliphatic rings. The fourth-order valence-corrected chi connectivity index (χ4v) is 5.60. The van der Waals surface area contributed by atoms with Gasteiger partial charge in [-0.15, -0.1) is 11.3 Å². The molecule has 0 fully saturated rings. The molecule has 0 saturated carbocycles. The van der Waals surface area contributed by atoms with Crippen molar-refractivity contribution < 1.29 is 17.9 Å². The Morgan fingerprint density at radius 3 is 2.61 bits per heavy atom. The van der Waals surface area contributed by atoms with E-state index in [1.165, 1.54) is 23.9 Å². The smallest absolute Gasteiger partial charge is 0.148 e. The van der Waals surface area contributed by atoms with E-state index in [0.717, 1.165) is 32.9 Å². The van der Waals surface area contributed by atoms with Crippen LogP contribution >= 0.6 is 22.9 Å². The Balaban J connectivity index is 1.35. The average molecular weight is 610 g/mol. The van der Waals surface area contributed by atoms with Crippen molar-refractivity contribution in [2.24, 2.45) is 0 Å². The highest BCUT2D eigenvalue weighted by Gasteiger charge is 2.15. The van der Waals surface area contributed by atoms with Crippen LogP contribution in [0.25, 0.3) is 22.2 Å². The molecule has 41 heavy (non-hydrogen) atoms. The summed E-state index contributed by atoms with van der Waals surface area (Å²) in [7, 11) is -1.41. The van der Waals surface area contributed by atoms with Crippen molar-refractivity contribution in [3.63, 3.8) is 0 Å².